The van der Waals surface area contributed by atoms with Gasteiger partial charge in [0.2, 0.25) is 5.91 Å². The summed E-state index contributed by atoms with van der Waals surface area (Å²) < 4.78 is 5.71. The van der Waals surface area contributed by atoms with Crippen LogP contribution in [-0.2, 0) is 4.79 Å². The normalized spacial score (nSPS) is 15.6. The van der Waals surface area contributed by atoms with Gasteiger partial charge in [0.25, 0.3) is 0 Å². The average molecular weight is 298 g/mol. The Hall–Kier alpha value is -2.10. The molecule has 116 valence electrons. The highest BCUT2D eigenvalue weighted by atomic mass is 16.5. The van der Waals surface area contributed by atoms with Gasteiger partial charge in [-0.25, -0.2) is 0 Å². The number of hydrogen-bond donors (Lipinski definition) is 1. The van der Waals surface area contributed by atoms with Crippen LogP contribution < -0.4 is 10.1 Å². The van der Waals surface area contributed by atoms with E-state index in [-0.39, 0.29) is 11.8 Å². The van der Waals surface area contributed by atoms with E-state index in [1.165, 1.54) is 19.3 Å². The Morgan fingerprint density at radius 2 is 2.09 bits per heavy atom. The monoisotopic (exact) mass is 298 g/mol. The van der Waals surface area contributed by atoms with Crippen molar-refractivity contribution >= 4 is 16.8 Å². The van der Waals surface area contributed by atoms with Crippen LogP contribution in [0.1, 0.15) is 32.1 Å². The molecule has 1 heterocycles. The molecule has 0 spiro atoms. The lowest BCUT2D eigenvalue weighted by Gasteiger charge is -2.20. The molecule has 4 nitrogen and oxygen atoms in total. The van der Waals surface area contributed by atoms with Crippen molar-refractivity contribution in [2.75, 3.05) is 13.2 Å². The van der Waals surface area contributed by atoms with Crippen LogP contribution >= 0.6 is 0 Å². The highest BCUT2D eigenvalue weighted by Gasteiger charge is 2.20. The number of nitrogens with one attached hydrogen (secondary N) is 1. The number of rotatable bonds is 5. The van der Waals surface area contributed by atoms with E-state index >= 15 is 0 Å². The Labute approximate surface area is 130 Å². The van der Waals surface area contributed by atoms with Gasteiger partial charge < -0.3 is 10.1 Å². The van der Waals surface area contributed by atoms with Gasteiger partial charge in [0, 0.05) is 17.5 Å². The van der Waals surface area contributed by atoms with Crippen molar-refractivity contribution in [3.05, 3.63) is 36.5 Å². The summed E-state index contributed by atoms with van der Waals surface area (Å²) in [6, 6.07) is 9.77. The Bertz CT molecular complexity index is 636. The molecule has 1 aromatic heterocycles. The van der Waals surface area contributed by atoms with Crippen LogP contribution in [0.4, 0.5) is 0 Å². The van der Waals surface area contributed by atoms with Crippen molar-refractivity contribution in [1.29, 1.82) is 0 Å². The van der Waals surface area contributed by atoms with E-state index in [0.717, 1.165) is 29.5 Å². The number of aromatic nitrogens is 1. The highest BCUT2D eigenvalue weighted by molar-refractivity contribution is 5.80. The zero-order valence-electron chi connectivity index (χ0n) is 12.8. The summed E-state index contributed by atoms with van der Waals surface area (Å²) in [5.41, 5.74) is 0.959. The molecule has 0 bridgehead atoms. The van der Waals surface area contributed by atoms with E-state index in [1.54, 1.807) is 6.20 Å². The molecule has 0 atom stereocenters. The molecule has 0 aliphatic heterocycles. The number of pyridine rings is 1. The predicted molar refractivity (Wildman–Crippen MR) is 86.8 cm³/mol. The number of amides is 1. The minimum Gasteiger partial charge on any atom is -0.492 e. The van der Waals surface area contributed by atoms with Crippen LogP contribution in [0, 0.1) is 5.92 Å². The number of carbonyl (C=O) groups excluding carboxylic acids is 1. The van der Waals surface area contributed by atoms with E-state index in [0.29, 0.717) is 13.2 Å². The largest absolute Gasteiger partial charge is 0.492 e. The molecule has 1 aliphatic carbocycles. The molecule has 0 saturated heterocycles. The number of fused-ring (bicyclic) bond motifs is 1. The van der Waals surface area contributed by atoms with Gasteiger partial charge in [-0.15, -0.1) is 0 Å². The second-order valence-corrected chi connectivity index (χ2v) is 5.83. The van der Waals surface area contributed by atoms with E-state index in [9.17, 15) is 4.79 Å². The molecule has 1 N–H and O–H groups in total. The zero-order chi connectivity index (χ0) is 15.2. The van der Waals surface area contributed by atoms with Crippen molar-refractivity contribution in [2.45, 2.75) is 32.1 Å². The molecule has 3 rings (SSSR count). The van der Waals surface area contributed by atoms with Crippen LogP contribution in [0.3, 0.4) is 0 Å². The SMILES string of the molecule is O=C(NCCOc1ccc2ncccc2c1)C1CCCCC1. The quantitative estimate of drug-likeness (QED) is 0.862. The lowest BCUT2D eigenvalue weighted by Crippen LogP contribution is -2.34. The first-order chi connectivity index (χ1) is 10.8. The third-order valence-electron chi connectivity index (χ3n) is 4.22. The highest BCUT2D eigenvalue weighted by Crippen LogP contribution is 2.23. The van der Waals surface area contributed by atoms with Gasteiger partial charge in [-0.05, 0) is 37.1 Å². The lowest BCUT2D eigenvalue weighted by atomic mass is 9.89. The first-order valence-electron chi connectivity index (χ1n) is 8.08. The third kappa shape index (κ3) is 3.75. The number of nitrogens with zero attached hydrogens (tertiary/aromatic N) is 1. The molecule has 22 heavy (non-hydrogen) atoms. The Balaban J connectivity index is 1.44. The summed E-state index contributed by atoms with van der Waals surface area (Å²) in [6.45, 7) is 1.05. The third-order valence-corrected chi connectivity index (χ3v) is 4.22. The molecule has 1 amide bonds. The summed E-state index contributed by atoms with van der Waals surface area (Å²) in [4.78, 5) is 16.3. The van der Waals surface area contributed by atoms with Crippen molar-refractivity contribution in [1.82, 2.24) is 10.3 Å². The number of carbonyl (C=O) groups is 1. The smallest absolute Gasteiger partial charge is 0.223 e. The second kappa shape index (κ2) is 7.25. The molecular weight excluding hydrogens is 276 g/mol. The van der Waals surface area contributed by atoms with Gasteiger partial charge in [0.15, 0.2) is 0 Å². The number of ether oxygens (including phenoxy) is 1. The fourth-order valence-electron chi connectivity index (χ4n) is 3.00. The molecule has 1 saturated carbocycles. The van der Waals surface area contributed by atoms with Crippen molar-refractivity contribution in [2.24, 2.45) is 5.92 Å². The van der Waals surface area contributed by atoms with E-state index < -0.39 is 0 Å². The van der Waals surface area contributed by atoms with Crippen LogP contribution in [0.2, 0.25) is 0 Å². The van der Waals surface area contributed by atoms with Gasteiger partial charge in [-0.3, -0.25) is 9.78 Å². The van der Waals surface area contributed by atoms with Crippen LogP contribution in [0.15, 0.2) is 36.5 Å². The number of hydrogen-bond acceptors (Lipinski definition) is 3. The fourth-order valence-corrected chi connectivity index (χ4v) is 3.00. The second-order valence-electron chi connectivity index (χ2n) is 5.83. The molecule has 1 aliphatic rings. The standard InChI is InChI=1S/C18H22N2O2/c21-18(14-5-2-1-3-6-14)20-11-12-22-16-8-9-17-15(13-16)7-4-10-19-17/h4,7-10,13-14H,1-3,5-6,11-12H2,(H,20,21). The van der Waals surface area contributed by atoms with E-state index in [2.05, 4.69) is 10.3 Å². The minimum absolute atomic E-state index is 0.186. The van der Waals surface area contributed by atoms with E-state index in [1.807, 2.05) is 30.3 Å². The van der Waals surface area contributed by atoms with E-state index in [4.69, 9.17) is 4.74 Å². The first kappa shape index (κ1) is 14.8. The van der Waals surface area contributed by atoms with Gasteiger partial charge in [0.1, 0.15) is 12.4 Å². The lowest BCUT2D eigenvalue weighted by molar-refractivity contribution is -0.126. The summed E-state index contributed by atoms with van der Waals surface area (Å²) in [7, 11) is 0. The van der Waals surface area contributed by atoms with Crippen molar-refractivity contribution in [3.63, 3.8) is 0 Å². The maximum absolute atomic E-state index is 12.0. The molecule has 0 radical (unpaired) electrons. The Morgan fingerprint density at radius 3 is 2.95 bits per heavy atom. The zero-order valence-corrected chi connectivity index (χ0v) is 12.8. The Morgan fingerprint density at radius 1 is 1.23 bits per heavy atom. The maximum atomic E-state index is 12.0. The maximum Gasteiger partial charge on any atom is 0.223 e. The number of benzene rings is 1. The van der Waals surface area contributed by atoms with Crippen LogP contribution in [-0.4, -0.2) is 24.0 Å². The van der Waals surface area contributed by atoms with Crippen molar-refractivity contribution in [3.8, 4) is 5.75 Å². The van der Waals surface area contributed by atoms with Gasteiger partial charge >= 0.3 is 0 Å². The van der Waals surface area contributed by atoms with Crippen LogP contribution in [0.5, 0.6) is 5.75 Å². The summed E-state index contributed by atoms with van der Waals surface area (Å²) in [6.07, 6.45) is 7.47. The average Bonchev–Trinajstić information content (AvgIpc) is 2.59. The first-order valence-corrected chi connectivity index (χ1v) is 8.08. The molecule has 1 aromatic carbocycles. The van der Waals surface area contributed by atoms with Gasteiger partial charge in [0.05, 0.1) is 12.1 Å². The topological polar surface area (TPSA) is 51.2 Å². The summed E-state index contributed by atoms with van der Waals surface area (Å²) in [5.74, 6) is 1.21. The van der Waals surface area contributed by atoms with Gasteiger partial charge in [-0.1, -0.05) is 25.3 Å². The molecule has 4 heteroatoms. The predicted octanol–water partition coefficient (Wildman–Crippen LogP) is 3.31. The summed E-state index contributed by atoms with van der Waals surface area (Å²) in [5, 5.41) is 4.04. The molecule has 2 aromatic rings. The minimum atomic E-state index is 0.186. The van der Waals surface area contributed by atoms with Gasteiger partial charge in [-0.2, -0.15) is 0 Å². The fraction of sp³-hybridized carbons (Fsp3) is 0.444. The molecule has 1 fully saturated rings. The van der Waals surface area contributed by atoms with Crippen LogP contribution in [0.25, 0.3) is 10.9 Å². The molecule has 0 unspecified atom stereocenters. The molecular formula is C18H22N2O2. The summed E-state index contributed by atoms with van der Waals surface area (Å²) >= 11 is 0. The Kier molecular flexibility index (Phi) is 4.88. The van der Waals surface area contributed by atoms with Crippen molar-refractivity contribution < 1.29 is 9.53 Å².